The van der Waals surface area contributed by atoms with E-state index in [4.69, 9.17) is 9.73 Å². The molecule has 0 radical (unpaired) electrons. The Morgan fingerprint density at radius 1 is 0.933 bits per heavy atom. The Balaban J connectivity index is 0.00000450. The molecular weight excluding hydrogens is 499 g/mol. The second-order valence-electron chi connectivity index (χ2n) is 8.54. The number of aliphatic imine (C=N–C) groups is 1. The zero-order chi connectivity index (χ0) is 21.4. The number of rotatable bonds is 4. The molecule has 0 spiro atoms. The molecule has 0 unspecified atom stereocenters. The van der Waals surface area contributed by atoms with Gasteiger partial charge >= 0.3 is 6.09 Å². The number of nitrogens with zero attached hydrogens (tertiary/aromatic N) is 5. The summed E-state index contributed by atoms with van der Waals surface area (Å²) < 4.78 is 5.45. The third kappa shape index (κ3) is 8.83. The molecule has 0 aromatic rings. The van der Waals surface area contributed by atoms with E-state index in [2.05, 4.69) is 22.0 Å². The van der Waals surface area contributed by atoms with Crippen molar-refractivity contribution in [3.05, 3.63) is 0 Å². The number of guanidine groups is 1. The van der Waals surface area contributed by atoms with Crippen molar-refractivity contribution in [3.8, 4) is 0 Å². The topological polar surface area (TPSA) is 80.7 Å². The minimum absolute atomic E-state index is 0. The fourth-order valence-electron chi connectivity index (χ4n) is 3.44. The molecule has 30 heavy (non-hydrogen) atoms. The van der Waals surface area contributed by atoms with Crippen LogP contribution in [0.4, 0.5) is 4.79 Å². The van der Waals surface area contributed by atoms with E-state index in [9.17, 15) is 9.59 Å². The molecule has 0 aliphatic carbocycles. The van der Waals surface area contributed by atoms with Crippen molar-refractivity contribution in [3.63, 3.8) is 0 Å². The molecule has 2 rings (SSSR count). The van der Waals surface area contributed by atoms with Crippen molar-refractivity contribution in [2.45, 2.75) is 40.2 Å². The molecule has 0 atom stereocenters. The van der Waals surface area contributed by atoms with Gasteiger partial charge in [0.2, 0.25) is 5.91 Å². The third-order valence-corrected chi connectivity index (χ3v) is 5.06. The second kappa shape index (κ2) is 12.5. The summed E-state index contributed by atoms with van der Waals surface area (Å²) in [5.74, 6) is 1.06. The van der Waals surface area contributed by atoms with Gasteiger partial charge in [0.05, 0.1) is 6.54 Å². The predicted molar refractivity (Wildman–Crippen MR) is 129 cm³/mol. The standard InChI is InChI=1S/C20H38N6O3.HI/c1-6-21-18(25-15-13-24(14-16-25)17(2)27)22-7-8-23-9-11-26(12-10-23)19(28)29-20(3,4)5;/h6-16H2,1-5H3,(H,21,22);1H. The molecule has 174 valence electrons. The summed E-state index contributed by atoms with van der Waals surface area (Å²) in [4.78, 5) is 36.7. The monoisotopic (exact) mass is 538 g/mol. The summed E-state index contributed by atoms with van der Waals surface area (Å²) in [6.45, 7) is 17.9. The Morgan fingerprint density at radius 2 is 1.47 bits per heavy atom. The van der Waals surface area contributed by atoms with Crippen LogP contribution in [0.15, 0.2) is 4.99 Å². The van der Waals surface area contributed by atoms with E-state index in [1.165, 1.54) is 0 Å². The lowest BCUT2D eigenvalue weighted by Crippen LogP contribution is -2.53. The van der Waals surface area contributed by atoms with Crippen LogP contribution < -0.4 is 5.32 Å². The van der Waals surface area contributed by atoms with E-state index < -0.39 is 5.60 Å². The number of carbonyl (C=O) groups is 2. The van der Waals surface area contributed by atoms with Crippen molar-refractivity contribution >= 4 is 41.9 Å². The highest BCUT2D eigenvalue weighted by atomic mass is 127. The SMILES string of the molecule is CCNC(=NCCN1CCN(C(=O)OC(C)(C)C)CC1)N1CCN(C(C)=O)CC1.I. The summed E-state index contributed by atoms with van der Waals surface area (Å²) in [6.07, 6.45) is -0.227. The number of halogens is 1. The highest BCUT2D eigenvalue weighted by molar-refractivity contribution is 14.0. The van der Waals surface area contributed by atoms with Gasteiger partial charge in [-0.25, -0.2) is 4.79 Å². The normalized spacial score (nSPS) is 18.7. The van der Waals surface area contributed by atoms with Gasteiger partial charge in [-0.05, 0) is 27.7 Å². The molecule has 0 aromatic heterocycles. The van der Waals surface area contributed by atoms with E-state index >= 15 is 0 Å². The maximum Gasteiger partial charge on any atom is 0.410 e. The number of amides is 2. The lowest BCUT2D eigenvalue weighted by atomic mass is 10.2. The summed E-state index contributed by atoms with van der Waals surface area (Å²) >= 11 is 0. The van der Waals surface area contributed by atoms with E-state index in [0.29, 0.717) is 19.6 Å². The van der Waals surface area contributed by atoms with Gasteiger partial charge in [-0.1, -0.05) is 0 Å². The molecule has 2 amide bonds. The number of hydrogen-bond donors (Lipinski definition) is 1. The Morgan fingerprint density at radius 3 is 1.97 bits per heavy atom. The van der Waals surface area contributed by atoms with E-state index in [1.807, 2.05) is 25.7 Å². The molecule has 0 aromatic carbocycles. The zero-order valence-corrected chi connectivity index (χ0v) is 21.5. The van der Waals surface area contributed by atoms with Crippen LogP contribution in [0, 0.1) is 0 Å². The molecule has 0 saturated carbocycles. The molecule has 2 fully saturated rings. The maximum atomic E-state index is 12.2. The maximum absolute atomic E-state index is 12.2. The number of hydrogen-bond acceptors (Lipinski definition) is 5. The average molecular weight is 538 g/mol. The van der Waals surface area contributed by atoms with Crippen LogP contribution in [0.5, 0.6) is 0 Å². The van der Waals surface area contributed by atoms with E-state index in [-0.39, 0.29) is 36.0 Å². The molecule has 10 heteroatoms. The molecule has 1 N–H and O–H groups in total. The third-order valence-electron chi connectivity index (χ3n) is 5.06. The Kier molecular flexibility index (Phi) is 11.2. The highest BCUT2D eigenvalue weighted by Crippen LogP contribution is 2.12. The molecule has 0 bridgehead atoms. The molecule has 2 saturated heterocycles. The summed E-state index contributed by atoms with van der Waals surface area (Å²) in [5, 5.41) is 3.36. The minimum atomic E-state index is -0.457. The van der Waals surface area contributed by atoms with Crippen LogP contribution in [0.25, 0.3) is 0 Å². The van der Waals surface area contributed by atoms with Crippen molar-refractivity contribution < 1.29 is 14.3 Å². The lowest BCUT2D eigenvalue weighted by molar-refractivity contribution is -0.130. The quantitative estimate of drug-likeness (QED) is 0.330. The molecule has 2 heterocycles. The van der Waals surface area contributed by atoms with Crippen LogP contribution in [-0.4, -0.2) is 115 Å². The van der Waals surface area contributed by atoms with E-state index in [1.54, 1.807) is 11.8 Å². The average Bonchev–Trinajstić information content (AvgIpc) is 2.66. The Bertz CT molecular complexity index is 580. The van der Waals surface area contributed by atoms with Crippen molar-refractivity contribution in [2.24, 2.45) is 4.99 Å². The zero-order valence-electron chi connectivity index (χ0n) is 19.1. The van der Waals surface area contributed by atoms with Crippen LogP contribution in [-0.2, 0) is 9.53 Å². The van der Waals surface area contributed by atoms with Gasteiger partial charge in [-0.2, -0.15) is 0 Å². The molecule has 9 nitrogen and oxygen atoms in total. The highest BCUT2D eigenvalue weighted by Gasteiger charge is 2.26. The number of ether oxygens (including phenoxy) is 1. The first kappa shape index (κ1) is 26.7. The lowest BCUT2D eigenvalue weighted by Gasteiger charge is -2.36. The van der Waals surface area contributed by atoms with Gasteiger partial charge in [-0.15, -0.1) is 24.0 Å². The first-order valence-corrected chi connectivity index (χ1v) is 10.7. The van der Waals surface area contributed by atoms with Crippen molar-refractivity contribution in [1.82, 2.24) is 24.9 Å². The fourth-order valence-corrected chi connectivity index (χ4v) is 3.44. The van der Waals surface area contributed by atoms with Crippen molar-refractivity contribution in [1.29, 1.82) is 0 Å². The smallest absolute Gasteiger partial charge is 0.410 e. The van der Waals surface area contributed by atoms with E-state index in [0.717, 1.165) is 58.3 Å². The number of nitrogens with one attached hydrogen (secondary N) is 1. The van der Waals surface area contributed by atoms with Gasteiger partial charge in [0.15, 0.2) is 5.96 Å². The van der Waals surface area contributed by atoms with Crippen molar-refractivity contribution in [2.75, 3.05) is 72.0 Å². The first-order chi connectivity index (χ1) is 13.7. The Labute approximate surface area is 198 Å². The molecule has 2 aliphatic heterocycles. The Hall–Kier alpha value is -1.30. The van der Waals surface area contributed by atoms with Gasteiger partial charge in [-0.3, -0.25) is 14.7 Å². The van der Waals surface area contributed by atoms with Gasteiger partial charge < -0.3 is 24.8 Å². The second-order valence-corrected chi connectivity index (χ2v) is 8.54. The van der Waals surface area contributed by atoms with Crippen LogP contribution in [0.3, 0.4) is 0 Å². The number of piperazine rings is 2. The van der Waals surface area contributed by atoms with Crippen LogP contribution >= 0.6 is 24.0 Å². The van der Waals surface area contributed by atoms with Gasteiger partial charge in [0.1, 0.15) is 5.60 Å². The minimum Gasteiger partial charge on any atom is -0.444 e. The molecular formula is C20H39IN6O3. The summed E-state index contributed by atoms with van der Waals surface area (Å²) in [5.41, 5.74) is -0.457. The largest absolute Gasteiger partial charge is 0.444 e. The summed E-state index contributed by atoms with van der Waals surface area (Å²) in [7, 11) is 0. The van der Waals surface area contributed by atoms with Gasteiger partial charge in [0.25, 0.3) is 0 Å². The number of carbonyl (C=O) groups excluding carboxylic acids is 2. The van der Waals surface area contributed by atoms with Crippen LogP contribution in [0.1, 0.15) is 34.6 Å². The first-order valence-electron chi connectivity index (χ1n) is 10.7. The molecule has 2 aliphatic rings. The predicted octanol–water partition coefficient (Wildman–Crippen LogP) is 1.29. The summed E-state index contributed by atoms with van der Waals surface area (Å²) in [6, 6.07) is 0. The van der Waals surface area contributed by atoms with Crippen LogP contribution in [0.2, 0.25) is 0 Å². The fraction of sp³-hybridized carbons (Fsp3) is 0.850. The van der Waals surface area contributed by atoms with Gasteiger partial charge in [0, 0.05) is 72.4 Å².